The minimum Gasteiger partial charge on any atom is -0.367 e. The lowest BCUT2D eigenvalue weighted by Gasteiger charge is -2.09. The summed E-state index contributed by atoms with van der Waals surface area (Å²) in [5, 5.41) is 15.7. The van der Waals surface area contributed by atoms with Crippen LogP contribution in [-0.4, -0.2) is 39.7 Å². The number of hydrogen-bond donors (Lipinski definition) is 3. The highest BCUT2D eigenvalue weighted by atomic mass is 32.2. The van der Waals surface area contributed by atoms with Crippen molar-refractivity contribution in [2.75, 3.05) is 24.2 Å². The summed E-state index contributed by atoms with van der Waals surface area (Å²) in [7, 11) is 0. The third-order valence-electron chi connectivity index (χ3n) is 5.01. The molecule has 0 fully saturated rings. The van der Waals surface area contributed by atoms with Crippen LogP contribution in [0.25, 0.3) is 10.2 Å². The Balaban J connectivity index is 1.24. The molecule has 1 aliphatic rings. The number of pyridine rings is 1. The molecule has 4 rings (SSSR count). The number of thioether (sulfide) groups is 1. The molecule has 0 bridgehead atoms. The quantitative estimate of drug-likeness (QED) is 0.447. The third-order valence-corrected chi connectivity index (χ3v) is 7.14. The number of aromatic nitrogens is 3. The summed E-state index contributed by atoms with van der Waals surface area (Å²) in [4.78, 5) is 38.4. The Morgan fingerprint density at radius 1 is 1.32 bits per heavy atom. The van der Waals surface area contributed by atoms with Crippen molar-refractivity contribution in [1.29, 1.82) is 5.26 Å². The number of H-pyrrole nitrogens is 1. The van der Waals surface area contributed by atoms with Crippen molar-refractivity contribution in [3.8, 4) is 6.07 Å². The van der Waals surface area contributed by atoms with E-state index in [1.54, 1.807) is 29.7 Å². The fourth-order valence-electron chi connectivity index (χ4n) is 3.59. The Morgan fingerprint density at radius 3 is 3.06 bits per heavy atom. The lowest BCUT2D eigenvalue weighted by molar-refractivity contribution is -0.118. The van der Waals surface area contributed by atoms with Crippen LogP contribution >= 0.6 is 23.1 Å². The van der Waals surface area contributed by atoms with Gasteiger partial charge in [0.25, 0.3) is 5.56 Å². The first-order chi connectivity index (χ1) is 15.2. The van der Waals surface area contributed by atoms with Crippen LogP contribution in [0.5, 0.6) is 0 Å². The van der Waals surface area contributed by atoms with Crippen LogP contribution in [-0.2, 0) is 23.4 Å². The molecular weight excluding hydrogens is 432 g/mol. The molecule has 0 unspecified atom stereocenters. The summed E-state index contributed by atoms with van der Waals surface area (Å²) >= 11 is 3.04. The van der Waals surface area contributed by atoms with Gasteiger partial charge >= 0.3 is 0 Å². The summed E-state index contributed by atoms with van der Waals surface area (Å²) in [6.07, 6.45) is 5.91. The van der Waals surface area contributed by atoms with Gasteiger partial charge in [0.2, 0.25) is 5.91 Å². The lowest BCUT2D eigenvalue weighted by atomic mass is 9.97. The number of hydrogen-bond acceptors (Lipinski definition) is 8. The highest BCUT2D eigenvalue weighted by Gasteiger charge is 2.19. The van der Waals surface area contributed by atoms with E-state index in [4.69, 9.17) is 5.26 Å². The number of nitrogens with zero attached hydrogens (tertiary/aromatic N) is 3. The van der Waals surface area contributed by atoms with E-state index in [2.05, 4.69) is 31.7 Å². The summed E-state index contributed by atoms with van der Waals surface area (Å²) in [6.45, 7) is 0.888. The fourth-order valence-corrected chi connectivity index (χ4v) is 5.59. The summed E-state index contributed by atoms with van der Waals surface area (Å²) in [5.41, 5.74) is 1.58. The van der Waals surface area contributed by atoms with Gasteiger partial charge in [-0.05, 0) is 43.4 Å². The Morgan fingerprint density at radius 2 is 2.19 bits per heavy atom. The fraction of sp³-hybridized carbons (Fsp3) is 0.381. The first-order valence-electron chi connectivity index (χ1n) is 10.1. The second-order valence-corrected chi connectivity index (χ2v) is 9.25. The molecule has 0 radical (unpaired) electrons. The number of rotatable bonds is 8. The molecule has 0 spiro atoms. The van der Waals surface area contributed by atoms with Gasteiger partial charge in [-0.25, -0.2) is 9.97 Å². The molecule has 3 aromatic heterocycles. The average Bonchev–Trinajstić information content (AvgIpc) is 3.16. The molecule has 0 aromatic carbocycles. The molecule has 8 nitrogen and oxygen atoms in total. The predicted molar refractivity (Wildman–Crippen MR) is 123 cm³/mol. The molecular formula is C21H22N6O2S2. The van der Waals surface area contributed by atoms with Gasteiger partial charge in [0.05, 0.1) is 22.5 Å². The van der Waals surface area contributed by atoms with Crippen molar-refractivity contribution in [3.05, 3.63) is 50.5 Å². The normalized spacial score (nSPS) is 12.9. The Labute approximate surface area is 187 Å². The maximum absolute atomic E-state index is 12.6. The van der Waals surface area contributed by atoms with Gasteiger partial charge in [-0.3, -0.25) is 9.59 Å². The van der Waals surface area contributed by atoms with Crippen LogP contribution < -0.4 is 16.2 Å². The first kappa shape index (κ1) is 21.3. The number of amides is 1. The van der Waals surface area contributed by atoms with E-state index in [0.717, 1.165) is 29.5 Å². The summed E-state index contributed by atoms with van der Waals surface area (Å²) in [5.74, 6) is 1.77. The molecule has 0 saturated carbocycles. The van der Waals surface area contributed by atoms with Crippen molar-refractivity contribution in [2.24, 2.45) is 0 Å². The molecule has 0 atom stereocenters. The molecule has 160 valence electrons. The minimum absolute atomic E-state index is 0.0678. The zero-order valence-electron chi connectivity index (χ0n) is 16.9. The van der Waals surface area contributed by atoms with E-state index in [-0.39, 0.29) is 17.2 Å². The maximum atomic E-state index is 12.6. The van der Waals surface area contributed by atoms with E-state index >= 15 is 0 Å². The van der Waals surface area contributed by atoms with Crippen molar-refractivity contribution in [3.63, 3.8) is 0 Å². The van der Waals surface area contributed by atoms with Gasteiger partial charge in [0, 0.05) is 24.2 Å². The van der Waals surface area contributed by atoms with Crippen LogP contribution in [0, 0.1) is 11.3 Å². The van der Waals surface area contributed by atoms with Crippen LogP contribution in [0.2, 0.25) is 0 Å². The zero-order valence-corrected chi connectivity index (χ0v) is 18.5. The Hall–Kier alpha value is -2.90. The van der Waals surface area contributed by atoms with E-state index in [1.165, 1.54) is 28.6 Å². The molecule has 1 amide bonds. The number of nitrogens with one attached hydrogen (secondary N) is 3. The number of aromatic amines is 1. The first-order valence-corrected chi connectivity index (χ1v) is 12.1. The number of anilines is 1. The van der Waals surface area contributed by atoms with Gasteiger partial charge in [-0.2, -0.15) is 5.26 Å². The highest BCUT2D eigenvalue weighted by Crippen LogP contribution is 2.33. The third kappa shape index (κ3) is 5.06. The molecule has 1 aliphatic carbocycles. The number of fused-ring (bicyclic) bond motifs is 3. The summed E-state index contributed by atoms with van der Waals surface area (Å²) < 4.78 is 0. The topological polar surface area (TPSA) is 124 Å². The zero-order chi connectivity index (χ0) is 21.6. The van der Waals surface area contributed by atoms with Crippen LogP contribution in [0.1, 0.15) is 34.7 Å². The SMILES string of the molecule is N#Cc1cccnc1NCCNC(=O)CSCc1nc2sc3c(c2c(=O)[nH]1)CCCC3. The average molecular weight is 455 g/mol. The minimum atomic E-state index is -0.0941. The van der Waals surface area contributed by atoms with Crippen LogP contribution in [0.3, 0.4) is 0 Å². The molecule has 10 heteroatoms. The number of nitriles is 1. The maximum Gasteiger partial charge on any atom is 0.259 e. The summed E-state index contributed by atoms with van der Waals surface area (Å²) in [6, 6.07) is 5.46. The number of aryl methyl sites for hydroxylation is 2. The second kappa shape index (κ2) is 9.94. The van der Waals surface area contributed by atoms with Crippen molar-refractivity contribution < 1.29 is 4.79 Å². The largest absolute Gasteiger partial charge is 0.367 e. The molecule has 31 heavy (non-hydrogen) atoms. The molecule has 3 aromatic rings. The van der Waals surface area contributed by atoms with Gasteiger partial charge in [0.15, 0.2) is 0 Å². The Bertz CT molecular complexity index is 1200. The van der Waals surface area contributed by atoms with E-state index in [9.17, 15) is 9.59 Å². The monoisotopic (exact) mass is 454 g/mol. The molecule has 3 N–H and O–H groups in total. The molecule has 0 aliphatic heterocycles. The van der Waals surface area contributed by atoms with Crippen molar-refractivity contribution in [2.45, 2.75) is 31.4 Å². The van der Waals surface area contributed by atoms with Crippen LogP contribution in [0.4, 0.5) is 5.82 Å². The lowest BCUT2D eigenvalue weighted by Crippen LogP contribution is -2.30. The number of carbonyl (C=O) groups is 1. The van der Waals surface area contributed by atoms with Gasteiger partial charge in [-0.15, -0.1) is 23.1 Å². The standard InChI is InChI=1S/C21H22N6O2S2/c22-10-13-4-3-7-24-19(13)25-9-8-23-17(28)12-30-11-16-26-20(29)18-14-5-1-2-6-15(14)31-21(18)27-16/h3-4,7H,1-2,5-6,8-9,11-12H2,(H,23,28)(H,24,25)(H,26,27,29). The van der Waals surface area contributed by atoms with Gasteiger partial charge in [-0.1, -0.05) is 0 Å². The smallest absolute Gasteiger partial charge is 0.259 e. The predicted octanol–water partition coefficient (Wildman–Crippen LogP) is 2.59. The van der Waals surface area contributed by atoms with Crippen molar-refractivity contribution >= 4 is 45.0 Å². The molecule has 3 heterocycles. The van der Waals surface area contributed by atoms with Crippen LogP contribution in [0.15, 0.2) is 23.1 Å². The molecule has 0 saturated heterocycles. The Kier molecular flexibility index (Phi) is 6.84. The second-order valence-electron chi connectivity index (χ2n) is 7.18. The van der Waals surface area contributed by atoms with Gasteiger partial charge < -0.3 is 15.6 Å². The van der Waals surface area contributed by atoms with E-state index < -0.39 is 0 Å². The van der Waals surface area contributed by atoms with E-state index in [1.807, 2.05) is 0 Å². The number of thiophene rings is 1. The van der Waals surface area contributed by atoms with Gasteiger partial charge in [0.1, 0.15) is 22.5 Å². The number of carbonyl (C=O) groups excluding carboxylic acids is 1. The van der Waals surface area contributed by atoms with Crippen molar-refractivity contribution in [1.82, 2.24) is 20.3 Å². The highest BCUT2D eigenvalue weighted by molar-refractivity contribution is 7.99. The van der Waals surface area contributed by atoms with E-state index in [0.29, 0.717) is 36.0 Å².